The van der Waals surface area contributed by atoms with Gasteiger partial charge < -0.3 is 12.4 Å². The normalized spacial score (nSPS) is 12.4. The summed E-state index contributed by atoms with van der Waals surface area (Å²) in [6.07, 6.45) is 3.71. The molecule has 7 heteroatoms. The molecule has 0 atom stereocenters. The van der Waals surface area contributed by atoms with Gasteiger partial charge in [0.05, 0.1) is 0 Å². The van der Waals surface area contributed by atoms with Gasteiger partial charge in [0.25, 0.3) is 0 Å². The number of carbonyl (C=O) groups is 1. The van der Waals surface area contributed by atoms with Gasteiger partial charge in [-0.1, -0.05) is 0 Å². The Morgan fingerprint density at radius 1 is 0.667 bits per heavy atom. The number of nitrogens with two attached hydrogens (primary N) is 1. The molecular formula is C32H28Cl2N3OP. The van der Waals surface area contributed by atoms with Crippen molar-refractivity contribution in [3.05, 3.63) is 157 Å². The quantitative estimate of drug-likeness (QED) is 0.233. The SMILES string of the molecule is Nc1cccc[n+]1/C=C(\NC(=O)c1ccccc1)P(Cl)(c1ccccc1)(c1ccccc1)c1ccccc1.[Cl-]. The van der Waals surface area contributed by atoms with Gasteiger partial charge in [0, 0.05) is 0 Å². The Hall–Kier alpha value is -3.95. The summed E-state index contributed by atoms with van der Waals surface area (Å²) in [5.41, 5.74) is 7.47. The summed E-state index contributed by atoms with van der Waals surface area (Å²) >= 11 is 8.37. The number of halogens is 2. The minimum Gasteiger partial charge on any atom is -1.00 e. The minimum atomic E-state index is -4.06. The number of nitrogens with zero attached hydrogens (tertiary/aromatic N) is 1. The topological polar surface area (TPSA) is 59.0 Å². The molecule has 0 saturated heterocycles. The molecule has 39 heavy (non-hydrogen) atoms. The van der Waals surface area contributed by atoms with Gasteiger partial charge in [0.1, 0.15) is 0 Å². The Morgan fingerprint density at radius 2 is 1.08 bits per heavy atom. The maximum atomic E-state index is 13.8. The maximum absolute atomic E-state index is 13.8. The van der Waals surface area contributed by atoms with E-state index in [9.17, 15) is 4.79 Å². The third kappa shape index (κ3) is 5.07. The molecule has 1 aromatic heterocycles. The van der Waals surface area contributed by atoms with Crippen LogP contribution < -0.4 is 43.9 Å². The molecule has 3 N–H and O–H groups in total. The third-order valence-electron chi connectivity index (χ3n) is 6.64. The number of nitrogens with one attached hydrogen (secondary N) is 1. The fourth-order valence-electron chi connectivity index (χ4n) is 4.73. The molecule has 0 aliphatic rings. The van der Waals surface area contributed by atoms with Gasteiger partial charge in [-0.15, -0.1) is 0 Å². The summed E-state index contributed by atoms with van der Waals surface area (Å²) in [5.74, 6) is -3.81. The molecule has 0 radical (unpaired) electrons. The number of nitrogen functional groups attached to an aromatic ring is 1. The van der Waals surface area contributed by atoms with Crippen LogP contribution in [0.2, 0.25) is 0 Å². The van der Waals surface area contributed by atoms with E-state index in [1.807, 2.05) is 140 Å². The summed E-state index contributed by atoms with van der Waals surface area (Å²) in [6, 6.07) is 44.7. The first kappa shape index (κ1) is 28.1. The summed E-state index contributed by atoms with van der Waals surface area (Å²) < 4.78 is 1.79. The summed E-state index contributed by atoms with van der Waals surface area (Å²) in [7, 11) is 0. The van der Waals surface area contributed by atoms with Crippen molar-refractivity contribution < 1.29 is 21.8 Å². The van der Waals surface area contributed by atoms with Gasteiger partial charge in [-0.2, -0.15) is 0 Å². The molecule has 1 amide bonds. The molecule has 0 saturated carbocycles. The monoisotopic (exact) mass is 571 g/mol. The Labute approximate surface area is 239 Å². The molecule has 0 aliphatic heterocycles. The van der Waals surface area contributed by atoms with E-state index < -0.39 is 5.96 Å². The van der Waals surface area contributed by atoms with Crippen LogP contribution in [0.3, 0.4) is 0 Å². The van der Waals surface area contributed by atoms with Crippen molar-refractivity contribution in [1.29, 1.82) is 0 Å². The van der Waals surface area contributed by atoms with Gasteiger partial charge in [0.2, 0.25) is 0 Å². The average Bonchev–Trinajstić information content (AvgIpc) is 2.99. The van der Waals surface area contributed by atoms with E-state index in [0.717, 1.165) is 15.9 Å². The second-order valence-electron chi connectivity index (χ2n) is 8.88. The zero-order chi connectivity index (χ0) is 26.5. The number of hydrogen-bond donors (Lipinski definition) is 2. The Kier molecular flexibility index (Phi) is 8.52. The summed E-state index contributed by atoms with van der Waals surface area (Å²) in [5, 5.41) is 5.94. The molecule has 4 nitrogen and oxygen atoms in total. The van der Waals surface area contributed by atoms with E-state index in [2.05, 4.69) is 5.32 Å². The number of benzene rings is 4. The first-order valence-electron chi connectivity index (χ1n) is 12.3. The molecule has 0 aliphatic carbocycles. The first-order chi connectivity index (χ1) is 18.5. The van der Waals surface area contributed by atoms with E-state index in [4.69, 9.17) is 17.0 Å². The molecule has 5 rings (SSSR count). The van der Waals surface area contributed by atoms with Crippen LogP contribution in [0.4, 0.5) is 5.82 Å². The predicted octanol–water partition coefficient (Wildman–Crippen LogP) is 2.43. The number of anilines is 1. The second-order valence-corrected chi connectivity index (χ2v) is 15.0. The summed E-state index contributed by atoms with van der Waals surface area (Å²) in [4.78, 5) is 13.8. The molecule has 4 aromatic carbocycles. The van der Waals surface area contributed by atoms with Gasteiger partial charge in [0.15, 0.2) is 0 Å². The van der Waals surface area contributed by atoms with Gasteiger partial charge in [-0.05, 0) is 0 Å². The number of hydrogen-bond acceptors (Lipinski definition) is 2. The number of pyridine rings is 1. The van der Waals surface area contributed by atoms with Crippen molar-refractivity contribution in [2.24, 2.45) is 0 Å². The first-order valence-corrected chi connectivity index (χ1v) is 15.4. The molecular weight excluding hydrogens is 544 g/mol. The minimum absolute atomic E-state index is 0. The molecule has 0 unspecified atom stereocenters. The van der Waals surface area contributed by atoms with E-state index in [-0.39, 0.29) is 18.3 Å². The van der Waals surface area contributed by atoms with Crippen molar-refractivity contribution in [2.75, 3.05) is 5.73 Å². The zero-order valence-corrected chi connectivity index (χ0v) is 23.5. The zero-order valence-electron chi connectivity index (χ0n) is 21.1. The third-order valence-corrected chi connectivity index (χ3v) is 13.9. The van der Waals surface area contributed by atoms with E-state index >= 15 is 0 Å². The fourth-order valence-corrected chi connectivity index (χ4v) is 10.6. The van der Waals surface area contributed by atoms with Crippen LogP contribution in [0.1, 0.15) is 10.4 Å². The van der Waals surface area contributed by atoms with E-state index in [1.165, 1.54) is 0 Å². The van der Waals surface area contributed by atoms with Gasteiger partial charge in [-0.25, -0.2) is 0 Å². The summed E-state index contributed by atoms with van der Waals surface area (Å²) in [6.45, 7) is 0. The van der Waals surface area contributed by atoms with Crippen LogP contribution in [-0.2, 0) is 0 Å². The van der Waals surface area contributed by atoms with Crippen LogP contribution in [0.15, 0.2) is 151 Å². The number of aromatic nitrogens is 1. The van der Waals surface area contributed by atoms with E-state index in [1.54, 1.807) is 16.7 Å². The second kappa shape index (κ2) is 11.8. The predicted molar refractivity (Wildman–Crippen MR) is 160 cm³/mol. The Bertz CT molecular complexity index is 1480. The van der Waals surface area contributed by atoms with Crippen molar-refractivity contribution in [3.63, 3.8) is 0 Å². The molecule has 0 fully saturated rings. The van der Waals surface area contributed by atoms with Crippen LogP contribution in [0.25, 0.3) is 6.20 Å². The number of amides is 1. The molecule has 0 spiro atoms. The van der Waals surface area contributed by atoms with Gasteiger partial charge >= 0.3 is 228 Å². The number of carbonyl (C=O) groups excluding carboxylic acids is 1. The standard InChI is InChI=1S/C32H27ClN3OP.ClH/c33-38(27-17-7-2-8-18-27,28-19-9-3-10-20-28,29-21-11-4-12-22-29)31(25-36-24-14-13-23-30(36)34)35-32(37)26-15-5-1-6-16-26;/h1-25,34H,(H,35,37);1H/b31-25+;. The molecule has 0 bridgehead atoms. The van der Waals surface area contributed by atoms with Crippen molar-refractivity contribution in [3.8, 4) is 0 Å². The average molecular weight is 572 g/mol. The van der Waals surface area contributed by atoms with Crippen LogP contribution >= 0.6 is 17.2 Å². The Balaban J connectivity index is 0.00000353. The maximum Gasteiger partial charge on any atom is -1.00 e. The van der Waals surface area contributed by atoms with E-state index in [0.29, 0.717) is 16.8 Å². The van der Waals surface area contributed by atoms with Crippen LogP contribution in [0.5, 0.6) is 0 Å². The fraction of sp³-hybridized carbons (Fsp3) is 0. The molecule has 196 valence electrons. The van der Waals surface area contributed by atoms with Crippen LogP contribution in [0, 0.1) is 0 Å². The van der Waals surface area contributed by atoms with Gasteiger partial charge in [-0.3, -0.25) is 0 Å². The molecule has 1 heterocycles. The largest absolute Gasteiger partial charge is 1.00 e. The smallest absolute Gasteiger partial charge is 1.00 e. The Morgan fingerprint density at radius 3 is 1.51 bits per heavy atom. The van der Waals surface area contributed by atoms with Crippen molar-refractivity contribution >= 4 is 51.0 Å². The molecule has 5 aromatic rings. The number of rotatable bonds is 7. The van der Waals surface area contributed by atoms with Crippen molar-refractivity contribution in [1.82, 2.24) is 5.32 Å². The van der Waals surface area contributed by atoms with Crippen molar-refractivity contribution in [2.45, 2.75) is 0 Å². The van der Waals surface area contributed by atoms with Crippen LogP contribution in [-0.4, -0.2) is 5.91 Å².